The number of carbonyl (C=O) groups is 1. The first-order chi connectivity index (χ1) is 8.16. The molecule has 0 aliphatic carbocycles. The quantitative estimate of drug-likeness (QED) is 0.839. The van der Waals surface area contributed by atoms with Crippen molar-refractivity contribution in [1.82, 2.24) is 10.3 Å². The zero-order chi connectivity index (χ0) is 12.3. The standard InChI is InChI=1S/C11H10ClN3OS/c12-7-1-2-10(13)9(3-7)11(16)15-5-8-4-14-6-17-8/h1-4,6H,5,13H2,(H,15,16). The highest BCUT2D eigenvalue weighted by Gasteiger charge is 2.10. The van der Waals surface area contributed by atoms with Crippen LogP contribution in [0.25, 0.3) is 0 Å². The van der Waals surface area contributed by atoms with Crippen molar-refractivity contribution >= 4 is 34.5 Å². The van der Waals surface area contributed by atoms with Crippen LogP contribution in [-0.2, 0) is 6.54 Å². The lowest BCUT2D eigenvalue weighted by atomic mass is 10.1. The summed E-state index contributed by atoms with van der Waals surface area (Å²) in [4.78, 5) is 16.8. The van der Waals surface area contributed by atoms with Crippen molar-refractivity contribution in [2.24, 2.45) is 0 Å². The molecule has 2 aromatic rings. The first-order valence-corrected chi connectivity index (χ1v) is 6.13. The van der Waals surface area contributed by atoms with Crippen LogP contribution in [0.1, 0.15) is 15.2 Å². The van der Waals surface area contributed by atoms with Crippen molar-refractivity contribution < 1.29 is 4.79 Å². The Hall–Kier alpha value is -1.59. The first-order valence-electron chi connectivity index (χ1n) is 4.87. The van der Waals surface area contributed by atoms with Gasteiger partial charge in [0.2, 0.25) is 0 Å². The molecule has 1 heterocycles. The van der Waals surface area contributed by atoms with Gasteiger partial charge in [-0.1, -0.05) is 11.6 Å². The third-order valence-electron chi connectivity index (χ3n) is 2.17. The van der Waals surface area contributed by atoms with E-state index in [9.17, 15) is 4.79 Å². The molecule has 0 aliphatic rings. The molecule has 0 bridgehead atoms. The van der Waals surface area contributed by atoms with Gasteiger partial charge in [0.15, 0.2) is 0 Å². The summed E-state index contributed by atoms with van der Waals surface area (Å²) in [7, 11) is 0. The molecule has 3 N–H and O–H groups in total. The minimum atomic E-state index is -0.238. The molecule has 6 heteroatoms. The van der Waals surface area contributed by atoms with Crippen LogP contribution in [-0.4, -0.2) is 10.9 Å². The Morgan fingerprint density at radius 1 is 1.53 bits per heavy atom. The third-order valence-corrected chi connectivity index (χ3v) is 3.18. The van der Waals surface area contributed by atoms with Gasteiger partial charge in [-0.25, -0.2) is 0 Å². The predicted molar refractivity (Wildman–Crippen MR) is 69.1 cm³/mol. The molecule has 0 saturated heterocycles. The van der Waals surface area contributed by atoms with Crippen LogP contribution in [0.3, 0.4) is 0 Å². The molecular formula is C11H10ClN3OS. The van der Waals surface area contributed by atoms with E-state index in [0.717, 1.165) is 4.88 Å². The maximum absolute atomic E-state index is 11.8. The molecule has 1 aromatic heterocycles. The second-order valence-electron chi connectivity index (χ2n) is 3.38. The smallest absolute Gasteiger partial charge is 0.253 e. The Morgan fingerprint density at radius 2 is 2.35 bits per heavy atom. The van der Waals surface area contributed by atoms with Gasteiger partial charge in [-0.3, -0.25) is 9.78 Å². The molecule has 0 atom stereocenters. The van der Waals surface area contributed by atoms with Crippen LogP contribution in [0.2, 0.25) is 5.02 Å². The summed E-state index contributed by atoms with van der Waals surface area (Å²) in [5.74, 6) is -0.238. The van der Waals surface area contributed by atoms with Gasteiger partial charge in [0.05, 0.1) is 17.6 Å². The maximum Gasteiger partial charge on any atom is 0.253 e. The first kappa shape index (κ1) is 11.9. The van der Waals surface area contributed by atoms with Crippen molar-refractivity contribution in [3.63, 3.8) is 0 Å². The number of nitrogens with one attached hydrogen (secondary N) is 1. The van der Waals surface area contributed by atoms with Gasteiger partial charge in [-0.15, -0.1) is 11.3 Å². The lowest BCUT2D eigenvalue weighted by Crippen LogP contribution is -2.23. The minimum Gasteiger partial charge on any atom is -0.398 e. The van der Waals surface area contributed by atoms with Crippen LogP contribution in [0.5, 0.6) is 0 Å². The number of halogens is 1. The Balaban J connectivity index is 2.07. The zero-order valence-electron chi connectivity index (χ0n) is 8.81. The lowest BCUT2D eigenvalue weighted by Gasteiger charge is -2.06. The third kappa shape index (κ3) is 2.95. The lowest BCUT2D eigenvalue weighted by molar-refractivity contribution is 0.0952. The number of rotatable bonds is 3. The molecule has 0 unspecified atom stereocenters. The summed E-state index contributed by atoms with van der Waals surface area (Å²) in [6.45, 7) is 0.440. The molecule has 17 heavy (non-hydrogen) atoms. The highest BCUT2D eigenvalue weighted by atomic mass is 35.5. The van der Waals surface area contributed by atoms with E-state index < -0.39 is 0 Å². The molecule has 1 aromatic carbocycles. The topological polar surface area (TPSA) is 68.0 Å². The molecular weight excluding hydrogens is 258 g/mol. The average Bonchev–Trinajstić information content (AvgIpc) is 2.82. The number of thiazole rings is 1. The number of hydrogen-bond acceptors (Lipinski definition) is 4. The molecule has 1 amide bonds. The number of nitrogen functional groups attached to an aromatic ring is 1. The molecule has 2 rings (SSSR count). The second kappa shape index (κ2) is 5.16. The predicted octanol–water partition coefficient (Wildman–Crippen LogP) is 2.31. The molecule has 0 fully saturated rings. The summed E-state index contributed by atoms with van der Waals surface area (Å²) < 4.78 is 0. The van der Waals surface area contributed by atoms with Crippen molar-refractivity contribution in [2.45, 2.75) is 6.54 Å². The van der Waals surface area contributed by atoms with E-state index in [4.69, 9.17) is 17.3 Å². The van der Waals surface area contributed by atoms with E-state index in [1.54, 1.807) is 29.9 Å². The monoisotopic (exact) mass is 267 g/mol. The summed E-state index contributed by atoms with van der Waals surface area (Å²) in [6.07, 6.45) is 1.71. The average molecular weight is 268 g/mol. The van der Waals surface area contributed by atoms with Gasteiger partial charge in [0, 0.05) is 21.8 Å². The van der Waals surface area contributed by atoms with Gasteiger partial charge in [-0.05, 0) is 18.2 Å². The van der Waals surface area contributed by atoms with E-state index in [-0.39, 0.29) is 5.91 Å². The van der Waals surface area contributed by atoms with Gasteiger partial charge >= 0.3 is 0 Å². The van der Waals surface area contributed by atoms with Crippen molar-refractivity contribution in [2.75, 3.05) is 5.73 Å². The van der Waals surface area contributed by atoms with E-state index >= 15 is 0 Å². The number of aromatic nitrogens is 1. The van der Waals surface area contributed by atoms with Gasteiger partial charge in [0.25, 0.3) is 5.91 Å². The van der Waals surface area contributed by atoms with Gasteiger partial charge in [0.1, 0.15) is 0 Å². The van der Waals surface area contributed by atoms with Crippen LogP contribution in [0.4, 0.5) is 5.69 Å². The normalized spacial score (nSPS) is 10.2. The summed E-state index contributed by atoms with van der Waals surface area (Å²) >= 11 is 7.30. The van der Waals surface area contributed by atoms with Crippen LogP contribution in [0.15, 0.2) is 29.9 Å². The van der Waals surface area contributed by atoms with E-state index in [0.29, 0.717) is 22.8 Å². The highest BCUT2D eigenvalue weighted by molar-refractivity contribution is 7.09. The van der Waals surface area contributed by atoms with E-state index in [2.05, 4.69) is 10.3 Å². The SMILES string of the molecule is Nc1ccc(Cl)cc1C(=O)NCc1cncs1. The summed E-state index contributed by atoms with van der Waals surface area (Å²) in [5, 5.41) is 3.25. The maximum atomic E-state index is 11.8. The number of anilines is 1. The molecule has 88 valence electrons. The van der Waals surface area contributed by atoms with Crippen molar-refractivity contribution in [3.05, 3.63) is 45.4 Å². The Kier molecular flexibility index (Phi) is 3.61. The number of nitrogens with two attached hydrogens (primary N) is 1. The number of amides is 1. The number of nitrogens with zero attached hydrogens (tertiary/aromatic N) is 1. The Morgan fingerprint density at radius 3 is 3.06 bits per heavy atom. The highest BCUT2D eigenvalue weighted by Crippen LogP contribution is 2.18. The van der Waals surface area contributed by atoms with E-state index in [1.807, 2.05) is 0 Å². The number of benzene rings is 1. The Labute approximate surface area is 107 Å². The fraction of sp³-hybridized carbons (Fsp3) is 0.0909. The fourth-order valence-electron chi connectivity index (χ4n) is 1.32. The number of hydrogen-bond donors (Lipinski definition) is 2. The number of carbonyl (C=O) groups excluding carboxylic acids is 1. The van der Waals surface area contributed by atoms with Crippen LogP contribution >= 0.6 is 22.9 Å². The van der Waals surface area contributed by atoms with Crippen LogP contribution < -0.4 is 11.1 Å². The largest absolute Gasteiger partial charge is 0.398 e. The second-order valence-corrected chi connectivity index (χ2v) is 4.79. The molecule has 0 radical (unpaired) electrons. The molecule has 0 aliphatic heterocycles. The Bertz CT molecular complexity index is 528. The van der Waals surface area contributed by atoms with Crippen LogP contribution in [0, 0.1) is 0 Å². The van der Waals surface area contributed by atoms with Crippen molar-refractivity contribution in [3.8, 4) is 0 Å². The summed E-state index contributed by atoms with van der Waals surface area (Å²) in [5.41, 5.74) is 8.23. The van der Waals surface area contributed by atoms with E-state index in [1.165, 1.54) is 11.3 Å². The molecule has 0 spiro atoms. The fourth-order valence-corrected chi connectivity index (χ4v) is 2.02. The van der Waals surface area contributed by atoms with Crippen molar-refractivity contribution in [1.29, 1.82) is 0 Å². The van der Waals surface area contributed by atoms with Gasteiger partial charge in [-0.2, -0.15) is 0 Å². The summed E-state index contributed by atoms with van der Waals surface area (Å²) in [6, 6.07) is 4.82. The van der Waals surface area contributed by atoms with Gasteiger partial charge < -0.3 is 11.1 Å². The molecule has 0 saturated carbocycles. The minimum absolute atomic E-state index is 0.238. The zero-order valence-corrected chi connectivity index (χ0v) is 10.4. The molecule has 4 nitrogen and oxygen atoms in total.